The Morgan fingerprint density at radius 3 is 2.23 bits per heavy atom. The molecule has 0 saturated carbocycles. The van der Waals surface area contributed by atoms with Gasteiger partial charge < -0.3 is 15.1 Å². The minimum atomic E-state index is -3.52. The van der Waals surface area contributed by atoms with E-state index in [2.05, 4.69) is 0 Å². The van der Waals surface area contributed by atoms with Crippen LogP contribution in [0.25, 0.3) is 0 Å². The first-order valence-electron chi connectivity index (χ1n) is 3.98. The molecule has 0 aromatic heterocycles. The van der Waals surface area contributed by atoms with Crippen molar-refractivity contribution in [3.8, 4) is 0 Å². The third-order valence-electron chi connectivity index (χ3n) is 2.17. The molecule has 0 saturated heterocycles. The van der Waals surface area contributed by atoms with Crippen LogP contribution in [0.3, 0.4) is 0 Å². The highest BCUT2D eigenvalue weighted by Gasteiger charge is 2.34. The first-order chi connectivity index (χ1) is 5.83. The van der Waals surface area contributed by atoms with Crippen molar-refractivity contribution in [2.45, 2.75) is 19.5 Å². The number of rotatable bonds is 5. The molecule has 0 rings (SSSR count). The van der Waals surface area contributed by atoms with Crippen LogP contribution in [0.5, 0.6) is 0 Å². The van der Waals surface area contributed by atoms with Gasteiger partial charge in [0.05, 0.1) is 12.5 Å². The number of aliphatic hydroxyl groups is 1. The summed E-state index contributed by atoms with van der Waals surface area (Å²) >= 11 is 0. The van der Waals surface area contributed by atoms with Crippen molar-refractivity contribution >= 4 is 13.3 Å². The zero-order valence-electron chi connectivity index (χ0n) is 7.67. The lowest BCUT2D eigenvalue weighted by Gasteiger charge is -2.21. The van der Waals surface area contributed by atoms with Crippen molar-refractivity contribution in [2.75, 3.05) is 12.8 Å². The van der Waals surface area contributed by atoms with Crippen LogP contribution in [0.15, 0.2) is 0 Å². The Labute approximate surface area is 76.8 Å². The number of hydrogen-bond acceptors (Lipinski definition) is 3. The molecule has 0 spiro atoms. The molecule has 78 valence electrons. The van der Waals surface area contributed by atoms with Gasteiger partial charge in [-0.2, -0.15) is 0 Å². The van der Waals surface area contributed by atoms with Gasteiger partial charge in [0.25, 0.3) is 0 Å². The number of carbonyl (C=O) groups is 1. The second-order valence-electron chi connectivity index (χ2n) is 3.07. The lowest BCUT2D eigenvalue weighted by Crippen LogP contribution is -2.24. The first-order valence-corrected chi connectivity index (χ1v) is 5.89. The van der Waals surface area contributed by atoms with Gasteiger partial charge >= 0.3 is 5.97 Å². The van der Waals surface area contributed by atoms with Crippen LogP contribution in [-0.4, -0.2) is 39.5 Å². The summed E-state index contributed by atoms with van der Waals surface area (Å²) in [4.78, 5) is 19.8. The van der Waals surface area contributed by atoms with Crippen LogP contribution in [0, 0.1) is 5.92 Å². The third kappa shape index (κ3) is 3.46. The van der Waals surface area contributed by atoms with E-state index in [1.165, 1.54) is 13.8 Å². The topological polar surface area (TPSA) is 94.8 Å². The highest BCUT2D eigenvalue weighted by atomic mass is 31.2. The minimum Gasteiger partial charge on any atom is -0.481 e. The van der Waals surface area contributed by atoms with Gasteiger partial charge in [0.2, 0.25) is 7.37 Å². The van der Waals surface area contributed by atoms with Crippen molar-refractivity contribution in [1.82, 2.24) is 0 Å². The first kappa shape index (κ1) is 12.6. The van der Waals surface area contributed by atoms with Crippen molar-refractivity contribution in [2.24, 2.45) is 5.92 Å². The SMILES string of the molecule is CC(C(=O)O)C(C)P(=O)(O)CCO. The molecule has 0 radical (unpaired) electrons. The Hall–Kier alpha value is -0.380. The molecule has 3 unspecified atom stereocenters. The summed E-state index contributed by atoms with van der Waals surface area (Å²) in [5.74, 6) is -1.97. The van der Waals surface area contributed by atoms with Gasteiger partial charge in [-0.3, -0.25) is 9.36 Å². The lowest BCUT2D eigenvalue weighted by atomic mass is 10.1. The van der Waals surface area contributed by atoms with E-state index < -0.39 is 31.5 Å². The Morgan fingerprint density at radius 2 is 1.92 bits per heavy atom. The Balaban J connectivity index is 4.48. The summed E-state index contributed by atoms with van der Waals surface area (Å²) in [6.07, 6.45) is -0.244. The molecule has 0 bridgehead atoms. The van der Waals surface area contributed by atoms with E-state index in [9.17, 15) is 14.3 Å². The van der Waals surface area contributed by atoms with Crippen molar-refractivity contribution in [3.05, 3.63) is 0 Å². The van der Waals surface area contributed by atoms with Gasteiger partial charge in [-0.15, -0.1) is 0 Å². The molecule has 6 heteroatoms. The van der Waals surface area contributed by atoms with Gasteiger partial charge in [-0.05, 0) is 0 Å². The molecule has 0 aromatic rings. The fourth-order valence-electron chi connectivity index (χ4n) is 0.903. The maximum Gasteiger partial charge on any atom is 0.307 e. The largest absolute Gasteiger partial charge is 0.481 e. The molecule has 0 heterocycles. The number of aliphatic hydroxyl groups excluding tert-OH is 1. The summed E-state index contributed by atoms with van der Waals surface area (Å²) in [6, 6.07) is 0. The van der Waals surface area contributed by atoms with E-state index in [0.29, 0.717) is 0 Å². The minimum absolute atomic E-state index is 0.244. The van der Waals surface area contributed by atoms with E-state index >= 15 is 0 Å². The zero-order chi connectivity index (χ0) is 10.6. The molecule has 0 fully saturated rings. The molecule has 0 amide bonds. The molecular formula is C7H15O5P. The van der Waals surface area contributed by atoms with Crippen molar-refractivity contribution in [1.29, 1.82) is 0 Å². The lowest BCUT2D eigenvalue weighted by molar-refractivity contribution is -0.141. The highest BCUT2D eigenvalue weighted by molar-refractivity contribution is 7.58. The van der Waals surface area contributed by atoms with Gasteiger partial charge in [-0.25, -0.2) is 0 Å². The summed E-state index contributed by atoms with van der Waals surface area (Å²) in [7, 11) is -3.52. The molecule has 5 nitrogen and oxygen atoms in total. The predicted molar refractivity (Wildman–Crippen MR) is 48.0 cm³/mol. The quantitative estimate of drug-likeness (QED) is 0.569. The average Bonchev–Trinajstić information content (AvgIpc) is 2.01. The number of aliphatic carboxylic acids is 1. The van der Waals surface area contributed by atoms with E-state index in [1.54, 1.807) is 0 Å². The molecule has 3 N–H and O–H groups in total. The van der Waals surface area contributed by atoms with Crippen LogP contribution >= 0.6 is 7.37 Å². The van der Waals surface area contributed by atoms with Crippen LogP contribution in [0.2, 0.25) is 0 Å². The summed E-state index contributed by atoms with van der Waals surface area (Å²) in [5, 5.41) is 17.1. The monoisotopic (exact) mass is 210 g/mol. The average molecular weight is 210 g/mol. The Bertz CT molecular complexity index is 227. The van der Waals surface area contributed by atoms with E-state index in [0.717, 1.165) is 0 Å². The van der Waals surface area contributed by atoms with Crippen LogP contribution in [0.4, 0.5) is 0 Å². The fraction of sp³-hybridized carbons (Fsp3) is 0.857. The third-order valence-corrected chi connectivity index (χ3v) is 4.73. The molecule has 0 aromatic carbocycles. The molecule has 13 heavy (non-hydrogen) atoms. The maximum absolute atomic E-state index is 11.4. The number of hydrogen-bond donors (Lipinski definition) is 3. The molecule has 0 aliphatic heterocycles. The van der Waals surface area contributed by atoms with E-state index in [-0.39, 0.29) is 6.16 Å². The summed E-state index contributed by atoms with van der Waals surface area (Å²) in [6.45, 7) is 2.40. The fourth-order valence-corrected chi connectivity index (χ4v) is 2.42. The standard InChI is InChI=1S/C7H15O5P/c1-5(7(9)10)6(2)13(11,12)4-3-8/h5-6,8H,3-4H2,1-2H3,(H,9,10)(H,11,12). The zero-order valence-corrected chi connectivity index (χ0v) is 8.57. The molecule has 0 aliphatic rings. The van der Waals surface area contributed by atoms with Crippen LogP contribution < -0.4 is 0 Å². The van der Waals surface area contributed by atoms with Crippen LogP contribution in [0.1, 0.15) is 13.8 Å². The smallest absolute Gasteiger partial charge is 0.307 e. The summed E-state index contributed by atoms with van der Waals surface area (Å²) < 4.78 is 11.4. The van der Waals surface area contributed by atoms with Gasteiger partial charge in [-0.1, -0.05) is 13.8 Å². The predicted octanol–water partition coefficient (Wildman–Crippen LogP) is 0.358. The normalized spacial score (nSPS) is 20.3. The summed E-state index contributed by atoms with van der Waals surface area (Å²) in [5.41, 5.74) is -0.822. The second kappa shape index (κ2) is 4.74. The highest BCUT2D eigenvalue weighted by Crippen LogP contribution is 2.48. The maximum atomic E-state index is 11.4. The number of carboxylic acids is 1. The second-order valence-corrected chi connectivity index (χ2v) is 5.84. The molecule has 3 atom stereocenters. The Morgan fingerprint density at radius 1 is 1.46 bits per heavy atom. The van der Waals surface area contributed by atoms with E-state index in [1.807, 2.05) is 0 Å². The van der Waals surface area contributed by atoms with Gasteiger partial charge in [0, 0.05) is 11.8 Å². The van der Waals surface area contributed by atoms with Gasteiger partial charge in [0.1, 0.15) is 0 Å². The Kier molecular flexibility index (Phi) is 4.61. The number of carboxylic acid groups (broad SMARTS) is 1. The van der Waals surface area contributed by atoms with Gasteiger partial charge in [0.15, 0.2) is 0 Å². The van der Waals surface area contributed by atoms with E-state index in [4.69, 9.17) is 10.2 Å². The van der Waals surface area contributed by atoms with Crippen molar-refractivity contribution in [3.63, 3.8) is 0 Å². The van der Waals surface area contributed by atoms with Crippen molar-refractivity contribution < 1.29 is 24.5 Å². The van der Waals surface area contributed by atoms with Crippen LogP contribution in [-0.2, 0) is 9.36 Å². The molecular weight excluding hydrogens is 195 g/mol. The molecule has 0 aliphatic carbocycles.